The van der Waals surface area contributed by atoms with Crippen molar-refractivity contribution in [3.05, 3.63) is 58.9 Å². The lowest BCUT2D eigenvalue weighted by Gasteiger charge is -2.30. The molecular weight excluding hydrogens is 436 g/mol. The van der Waals surface area contributed by atoms with Gasteiger partial charge in [-0.3, -0.25) is 24.2 Å². The van der Waals surface area contributed by atoms with Gasteiger partial charge in [-0.1, -0.05) is 13.8 Å². The maximum Gasteiger partial charge on any atom is 0.267 e. The Labute approximate surface area is 187 Å². The number of nitrogens with two attached hydrogens (primary N) is 2. The molecule has 33 heavy (non-hydrogen) atoms. The first kappa shape index (κ1) is 22.3. The van der Waals surface area contributed by atoms with Gasteiger partial charge in [0.15, 0.2) is 11.6 Å². The highest BCUT2D eigenvalue weighted by molar-refractivity contribution is 6.09. The maximum absolute atomic E-state index is 14.2. The Morgan fingerprint density at radius 3 is 2.45 bits per heavy atom. The molecule has 5 N–H and O–H groups in total. The highest BCUT2D eigenvalue weighted by Crippen LogP contribution is 2.65. The molecule has 4 rings (SSSR count). The average molecular weight is 457 g/mol. The summed E-state index contributed by atoms with van der Waals surface area (Å²) in [6, 6.07) is 3.52. The highest BCUT2D eigenvalue weighted by atomic mass is 19.2. The van der Waals surface area contributed by atoms with Gasteiger partial charge < -0.3 is 21.7 Å². The molecule has 4 amide bonds. The molecule has 1 saturated carbocycles. The number of aromatic nitrogens is 1. The highest BCUT2D eigenvalue weighted by Gasteiger charge is 2.69. The second kappa shape index (κ2) is 7.61. The van der Waals surface area contributed by atoms with E-state index in [9.17, 15) is 28.0 Å². The Kier molecular flexibility index (Phi) is 5.14. The molecule has 0 radical (unpaired) electrons. The van der Waals surface area contributed by atoms with E-state index in [4.69, 9.17) is 11.5 Å². The zero-order valence-electron chi connectivity index (χ0n) is 17.8. The van der Waals surface area contributed by atoms with E-state index in [-0.39, 0.29) is 35.2 Å². The summed E-state index contributed by atoms with van der Waals surface area (Å²) in [5.41, 5.74) is 9.12. The number of primary amides is 2. The van der Waals surface area contributed by atoms with E-state index in [1.165, 1.54) is 23.2 Å². The van der Waals surface area contributed by atoms with E-state index >= 15 is 0 Å². The minimum Gasteiger partial charge on any atom is -0.365 e. The quantitative estimate of drug-likeness (QED) is 0.619. The third-order valence-corrected chi connectivity index (χ3v) is 6.59. The van der Waals surface area contributed by atoms with Gasteiger partial charge in [-0.25, -0.2) is 8.78 Å². The molecule has 0 spiro atoms. The van der Waals surface area contributed by atoms with Gasteiger partial charge in [-0.05, 0) is 41.5 Å². The van der Waals surface area contributed by atoms with Crippen molar-refractivity contribution in [2.45, 2.75) is 19.9 Å². The minimum atomic E-state index is -1.52. The molecule has 1 aliphatic heterocycles. The van der Waals surface area contributed by atoms with E-state index in [0.717, 1.165) is 12.1 Å². The van der Waals surface area contributed by atoms with E-state index in [0.29, 0.717) is 0 Å². The van der Waals surface area contributed by atoms with Crippen LogP contribution in [-0.2, 0) is 4.79 Å². The fraction of sp³-hybridized carbons (Fsp3) is 0.318. The number of carbonyl (C=O) groups is 4. The first-order valence-electron chi connectivity index (χ1n) is 10.1. The lowest BCUT2D eigenvalue weighted by Crippen LogP contribution is -2.48. The standard InChI is InChI=1S/C22H21F2N5O4/c1-22(2)11-8-29(21(33)10-3-4-12(23)16(24)14(10)19(26)31)17(15(11)22)20(32)28-9-5-6-27-13(7-9)18(25)30/h3-7,11,15,17H,8H2,1-2H3,(H2,25,30)(H2,26,31)(H,27,28,32). The fourth-order valence-electron chi connectivity index (χ4n) is 4.78. The van der Waals surface area contributed by atoms with Crippen LogP contribution in [0.25, 0.3) is 0 Å². The van der Waals surface area contributed by atoms with Gasteiger partial charge in [0.2, 0.25) is 5.91 Å². The summed E-state index contributed by atoms with van der Waals surface area (Å²) < 4.78 is 27.9. The Balaban J connectivity index is 1.67. The van der Waals surface area contributed by atoms with Gasteiger partial charge in [0.25, 0.3) is 17.7 Å². The number of fused-ring (bicyclic) bond motifs is 1. The summed E-state index contributed by atoms with van der Waals surface area (Å²) in [5.74, 6) is -6.44. The van der Waals surface area contributed by atoms with Crippen LogP contribution in [-0.4, -0.2) is 46.1 Å². The molecule has 1 aromatic heterocycles. The molecule has 0 bridgehead atoms. The van der Waals surface area contributed by atoms with Gasteiger partial charge in [0.05, 0.1) is 11.1 Å². The van der Waals surface area contributed by atoms with Crippen molar-refractivity contribution in [1.29, 1.82) is 0 Å². The number of anilines is 1. The van der Waals surface area contributed by atoms with Crippen LogP contribution < -0.4 is 16.8 Å². The SMILES string of the molecule is CC1(C)C2CN(C(=O)c3ccc(F)c(F)c3C(N)=O)C(C(=O)Nc3ccnc(C(N)=O)c3)C21. The van der Waals surface area contributed by atoms with E-state index in [1.807, 2.05) is 13.8 Å². The molecule has 172 valence electrons. The molecule has 2 fully saturated rings. The number of carbonyl (C=O) groups excluding carboxylic acids is 4. The number of nitrogens with one attached hydrogen (secondary N) is 1. The van der Waals surface area contributed by atoms with Crippen LogP contribution >= 0.6 is 0 Å². The molecule has 2 heterocycles. The fourth-order valence-corrected chi connectivity index (χ4v) is 4.78. The zero-order valence-corrected chi connectivity index (χ0v) is 17.8. The lowest BCUT2D eigenvalue weighted by atomic mass is 9.98. The molecular formula is C22H21F2N5O4. The molecule has 1 aliphatic carbocycles. The number of hydrogen-bond acceptors (Lipinski definition) is 5. The number of likely N-dealkylation sites (tertiary alicyclic amines) is 1. The predicted octanol–water partition coefficient (Wildman–Crippen LogP) is 1.29. The monoisotopic (exact) mass is 457 g/mol. The smallest absolute Gasteiger partial charge is 0.267 e. The zero-order chi connectivity index (χ0) is 24.2. The van der Waals surface area contributed by atoms with Crippen LogP contribution in [0.1, 0.15) is 45.1 Å². The second-order valence-corrected chi connectivity index (χ2v) is 8.79. The summed E-state index contributed by atoms with van der Waals surface area (Å²) in [5, 5.41) is 2.66. The Morgan fingerprint density at radius 1 is 1.12 bits per heavy atom. The molecule has 2 aromatic rings. The first-order chi connectivity index (χ1) is 15.4. The topological polar surface area (TPSA) is 148 Å². The summed E-state index contributed by atoms with van der Waals surface area (Å²) in [6.07, 6.45) is 1.30. The number of pyridine rings is 1. The van der Waals surface area contributed by atoms with E-state index in [1.54, 1.807) is 0 Å². The largest absolute Gasteiger partial charge is 0.365 e. The molecule has 9 nitrogen and oxygen atoms in total. The third-order valence-electron chi connectivity index (χ3n) is 6.59. The van der Waals surface area contributed by atoms with Crippen LogP contribution in [0, 0.1) is 28.9 Å². The van der Waals surface area contributed by atoms with Crippen molar-refractivity contribution in [2.24, 2.45) is 28.7 Å². The first-order valence-corrected chi connectivity index (χ1v) is 10.1. The summed E-state index contributed by atoms with van der Waals surface area (Å²) in [4.78, 5) is 54.7. The number of rotatable bonds is 5. The second-order valence-electron chi connectivity index (χ2n) is 8.79. The summed E-state index contributed by atoms with van der Waals surface area (Å²) in [7, 11) is 0. The van der Waals surface area contributed by atoms with E-state index in [2.05, 4.69) is 10.3 Å². The van der Waals surface area contributed by atoms with Gasteiger partial charge >= 0.3 is 0 Å². The number of amides is 4. The number of halogens is 2. The van der Waals surface area contributed by atoms with Crippen LogP contribution in [0.4, 0.5) is 14.5 Å². The Morgan fingerprint density at radius 2 is 1.82 bits per heavy atom. The summed E-state index contributed by atoms with van der Waals surface area (Å²) >= 11 is 0. The predicted molar refractivity (Wildman–Crippen MR) is 112 cm³/mol. The molecule has 11 heteroatoms. The average Bonchev–Trinajstić information content (AvgIpc) is 3.09. The van der Waals surface area contributed by atoms with Crippen LogP contribution in [0.3, 0.4) is 0 Å². The Hall–Kier alpha value is -3.89. The normalized spacial score (nSPS) is 22.4. The number of piperidine rings is 1. The summed E-state index contributed by atoms with van der Waals surface area (Å²) in [6.45, 7) is 4.12. The van der Waals surface area contributed by atoms with Crippen LogP contribution in [0.15, 0.2) is 30.5 Å². The van der Waals surface area contributed by atoms with Gasteiger partial charge in [-0.15, -0.1) is 0 Å². The van der Waals surface area contributed by atoms with Crippen molar-refractivity contribution < 1.29 is 28.0 Å². The molecule has 1 aromatic carbocycles. The molecule has 1 saturated heterocycles. The molecule has 3 unspecified atom stereocenters. The third kappa shape index (κ3) is 3.59. The van der Waals surface area contributed by atoms with Gasteiger partial charge in [0, 0.05) is 18.4 Å². The van der Waals surface area contributed by atoms with Crippen molar-refractivity contribution in [3.8, 4) is 0 Å². The van der Waals surface area contributed by atoms with Crippen molar-refractivity contribution >= 4 is 29.3 Å². The van der Waals surface area contributed by atoms with E-state index < -0.39 is 52.4 Å². The Bertz CT molecular complexity index is 1220. The number of benzene rings is 1. The van der Waals surface area contributed by atoms with Gasteiger partial charge in [-0.2, -0.15) is 0 Å². The van der Waals surface area contributed by atoms with Crippen molar-refractivity contribution in [2.75, 3.05) is 11.9 Å². The van der Waals surface area contributed by atoms with Crippen molar-refractivity contribution in [3.63, 3.8) is 0 Å². The molecule has 2 aliphatic rings. The van der Waals surface area contributed by atoms with Crippen molar-refractivity contribution in [1.82, 2.24) is 9.88 Å². The maximum atomic E-state index is 14.2. The van der Waals surface area contributed by atoms with Crippen LogP contribution in [0.2, 0.25) is 0 Å². The molecule has 3 atom stereocenters. The van der Waals surface area contributed by atoms with Gasteiger partial charge in [0.1, 0.15) is 11.7 Å². The minimum absolute atomic E-state index is 0.00172. The lowest BCUT2D eigenvalue weighted by molar-refractivity contribution is -0.120. The number of hydrogen-bond donors (Lipinski definition) is 3. The number of nitrogens with zero attached hydrogens (tertiary/aromatic N) is 2. The van der Waals surface area contributed by atoms with Crippen LogP contribution in [0.5, 0.6) is 0 Å².